The zero-order valence-corrected chi connectivity index (χ0v) is 13.5. The van der Waals surface area contributed by atoms with Crippen LogP contribution < -0.4 is 10.2 Å². The molecule has 1 aromatic carbocycles. The van der Waals surface area contributed by atoms with Crippen LogP contribution in [0, 0.1) is 5.92 Å². The van der Waals surface area contributed by atoms with E-state index in [9.17, 15) is 0 Å². The number of benzene rings is 1. The molecule has 116 valence electrons. The molecule has 1 saturated heterocycles. The van der Waals surface area contributed by atoms with E-state index < -0.39 is 0 Å². The second-order valence-corrected chi connectivity index (χ2v) is 7.01. The summed E-state index contributed by atoms with van der Waals surface area (Å²) in [6.07, 6.45) is 5.37. The van der Waals surface area contributed by atoms with Gasteiger partial charge in [0.1, 0.15) is 0 Å². The van der Waals surface area contributed by atoms with Crippen LogP contribution in [0.2, 0.25) is 0 Å². The van der Waals surface area contributed by atoms with E-state index in [1.54, 1.807) is 0 Å². The molecule has 3 rings (SSSR count). The second-order valence-electron chi connectivity index (χ2n) is 7.01. The molecule has 3 heteroatoms. The van der Waals surface area contributed by atoms with E-state index in [2.05, 4.69) is 53.5 Å². The van der Waals surface area contributed by atoms with Gasteiger partial charge in [0, 0.05) is 37.9 Å². The van der Waals surface area contributed by atoms with Crippen LogP contribution in [0.3, 0.4) is 0 Å². The molecule has 1 N–H and O–H groups in total. The van der Waals surface area contributed by atoms with Gasteiger partial charge in [-0.15, -0.1) is 0 Å². The van der Waals surface area contributed by atoms with Crippen LogP contribution in [0.25, 0.3) is 0 Å². The van der Waals surface area contributed by atoms with Gasteiger partial charge in [0.15, 0.2) is 0 Å². The Morgan fingerprint density at radius 2 is 1.71 bits per heavy atom. The van der Waals surface area contributed by atoms with Gasteiger partial charge < -0.3 is 15.1 Å². The third-order valence-corrected chi connectivity index (χ3v) is 4.71. The van der Waals surface area contributed by atoms with E-state index in [0.29, 0.717) is 0 Å². The standard InChI is InChI=1S/C18H29N3/c1-20(2)14-16-9-11-21(12-10-16)18-7-3-15(4-8-18)13-19-17-5-6-17/h3-4,7-8,16-17,19H,5-6,9-14H2,1-2H3. The number of nitrogens with one attached hydrogen (secondary N) is 1. The normalized spacial score (nSPS) is 20.2. The van der Waals surface area contributed by atoms with Gasteiger partial charge >= 0.3 is 0 Å². The Bertz CT molecular complexity index is 428. The first-order valence-corrected chi connectivity index (χ1v) is 8.43. The summed E-state index contributed by atoms with van der Waals surface area (Å²) in [7, 11) is 4.36. The third kappa shape index (κ3) is 4.45. The van der Waals surface area contributed by atoms with Crippen LogP contribution in [0.15, 0.2) is 24.3 Å². The first kappa shape index (κ1) is 14.9. The summed E-state index contributed by atoms with van der Waals surface area (Å²) in [5.41, 5.74) is 2.81. The Labute approximate surface area is 129 Å². The van der Waals surface area contributed by atoms with Crippen molar-refractivity contribution >= 4 is 5.69 Å². The number of rotatable bonds is 6. The van der Waals surface area contributed by atoms with E-state index in [4.69, 9.17) is 0 Å². The van der Waals surface area contributed by atoms with E-state index in [0.717, 1.165) is 18.5 Å². The van der Waals surface area contributed by atoms with Crippen molar-refractivity contribution in [1.82, 2.24) is 10.2 Å². The summed E-state index contributed by atoms with van der Waals surface area (Å²) in [6, 6.07) is 9.97. The highest BCUT2D eigenvalue weighted by molar-refractivity contribution is 5.48. The second kappa shape index (κ2) is 6.80. The molecule has 3 nitrogen and oxygen atoms in total. The van der Waals surface area contributed by atoms with Gasteiger partial charge in [-0.1, -0.05) is 12.1 Å². The van der Waals surface area contributed by atoms with Gasteiger partial charge in [0.2, 0.25) is 0 Å². The predicted octanol–water partition coefficient (Wildman–Crippen LogP) is 2.72. The van der Waals surface area contributed by atoms with Crippen molar-refractivity contribution in [2.45, 2.75) is 38.3 Å². The van der Waals surface area contributed by atoms with Gasteiger partial charge in [-0.2, -0.15) is 0 Å². The molecule has 0 spiro atoms. The zero-order valence-electron chi connectivity index (χ0n) is 13.5. The van der Waals surface area contributed by atoms with Crippen molar-refractivity contribution in [2.75, 3.05) is 38.6 Å². The molecule has 0 atom stereocenters. The molecule has 1 aliphatic carbocycles. The molecule has 1 aliphatic heterocycles. The lowest BCUT2D eigenvalue weighted by Gasteiger charge is -2.34. The lowest BCUT2D eigenvalue weighted by atomic mass is 9.96. The Morgan fingerprint density at radius 1 is 1.05 bits per heavy atom. The summed E-state index contributed by atoms with van der Waals surface area (Å²) in [6.45, 7) is 4.67. The van der Waals surface area contributed by atoms with Crippen molar-refractivity contribution in [3.8, 4) is 0 Å². The molecule has 0 amide bonds. The summed E-state index contributed by atoms with van der Waals surface area (Å²) in [4.78, 5) is 4.87. The van der Waals surface area contributed by atoms with E-state index in [-0.39, 0.29) is 0 Å². The van der Waals surface area contributed by atoms with Crippen molar-refractivity contribution in [2.24, 2.45) is 5.92 Å². The molecule has 2 aliphatic rings. The third-order valence-electron chi connectivity index (χ3n) is 4.71. The maximum atomic E-state index is 3.58. The summed E-state index contributed by atoms with van der Waals surface area (Å²) < 4.78 is 0. The average molecular weight is 287 g/mol. The molecule has 1 aromatic rings. The number of nitrogens with zero attached hydrogens (tertiary/aromatic N) is 2. The average Bonchev–Trinajstić information content (AvgIpc) is 3.30. The Kier molecular flexibility index (Phi) is 4.81. The van der Waals surface area contributed by atoms with Gasteiger partial charge in [0.05, 0.1) is 0 Å². The Morgan fingerprint density at radius 3 is 2.29 bits per heavy atom. The Balaban J connectivity index is 1.48. The van der Waals surface area contributed by atoms with Crippen molar-refractivity contribution in [3.63, 3.8) is 0 Å². The van der Waals surface area contributed by atoms with Gasteiger partial charge in [-0.25, -0.2) is 0 Å². The number of hydrogen-bond donors (Lipinski definition) is 1. The van der Waals surface area contributed by atoms with Crippen LogP contribution in [0.4, 0.5) is 5.69 Å². The summed E-state index contributed by atoms with van der Waals surface area (Å²) >= 11 is 0. The molecule has 1 saturated carbocycles. The predicted molar refractivity (Wildman–Crippen MR) is 89.8 cm³/mol. The van der Waals surface area contributed by atoms with Crippen LogP contribution in [0.5, 0.6) is 0 Å². The van der Waals surface area contributed by atoms with Crippen molar-refractivity contribution in [1.29, 1.82) is 0 Å². The largest absolute Gasteiger partial charge is 0.372 e. The SMILES string of the molecule is CN(C)CC1CCN(c2ccc(CNC3CC3)cc2)CC1. The van der Waals surface area contributed by atoms with Gasteiger partial charge in [-0.3, -0.25) is 0 Å². The molecule has 0 unspecified atom stereocenters. The fourth-order valence-electron chi connectivity index (χ4n) is 3.26. The molecule has 0 bridgehead atoms. The molecular formula is C18H29N3. The molecule has 0 radical (unpaired) electrons. The topological polar surface area (TPSA) is 18.5 Å². The monoisotopic (exact) mass is 287 g/mol. The molecule has 2 fully saturated rings. The maximum absolute atomic E-state index is 3.58. The van der Waals surface area contributed by atoms with Crippen LogP contribution >= 0.6 is 0 Å². The fraction of sp³-hybridized carbons (Fsp3) is 0.667. The zero-order chi connectivity index (χ0) is 14.7. The highest BCUT2D eigenvalue weighted by Gasteiger charge is 2.21. The Hall–Kier alpha value is -1.06. The highest BCUT2D eigenvalue weighted by Crippen LogP contribution is 2.24. The van der Waals surface area contributed by atoms with Crippen molar-refractivity contribution in [3.05, 3.63) is 29.8 Å². The molecular weight excluding hydrogens is 258 g/mol. The van der Waals surface area contributed by atoms with E-state index >= 15 is 0 Å². The fourth-order valence-corrected chi connectivity index (χ4v) is 3.26. The summed E-state index contributed by atoms with van der Waals surface area (Å²) in [5, 5.41) is 3.58. The lowest BCUT2D eigenvalue weighted by Crippen LogP contribution is -2.37. The molecule has 0 aromatic heterocycles. The molecule has 21 heavy (non-hydrogen) atoms. The van der Waals surface area contributed by atoms with Crippen molar-refractivity contribution < 1.29 is 0 Å². The van der Waals surface area contributed by atoms with E-state index in [1.165, 1.54) is 56.6 Å². The van der Waals surface area contributed by atoms with E-state index in [1.807, 2.05) is 0 Å². The number of piperidine rings is 1. The van der Waals surface area contributed by atoms with Crippen LogP contribution in [0.1, 0.15) is 31.2 Å². The summed E-state index contributed by atoms with van der Waals surface area (Å²) in [5.74, 6) is 0.873. The quantitative estimate of drug-likeness (QED) is 0.868. The lowest BCUT2D eigenvalue weighted by molar-refractivity contribution is 0.285. The van der Waals surface area contributed by atoms with Crippen LogP contribution in [-0.2, 0) is 6.54 Å². The maximum Gasteiger partial charge on any atom is 0.0366 e. The smallest absolute Gasteiger partial charge is 0.0366 e. The van der Waals surface area contributed by atoms with Gasteiger partial charge in [0.25, 0.3) is 0 Å². The number of hydrogen-bond acceptors (Lipinski definition) is 3. The molecule has 1 heterocycles. The first-order chi connectivity index (χ1) is 10.2. The minimum atomic E-state index is 0.792. The highest BCUT2D eigenvalue weighted by atomic mass is 15.1. The number of anilines is 1. The first-order valence-electron chi connectivity index (χ1n) is 8.43. The minimum absolute atomic E-state index is 0.792. The van der Waals surface area contributed by atoms with Crippen LogP contribution in [-0.4, -0.2) is 44.7 Å². The minimum Gasteiger partial charge on any atom is -0.372 e. The van der Waals surface area contributed by atoms with Gasteiger partial charge in [-0.05, 0) is 63.4 Å².